The number of aromatic nitrogens is 2. The zero-order valence-corrected chi connectivity index (χ0v) is 15.1. The molecule has 0 bridgehead atoms. The first-order valence-electron chi connectivity index (χ1n) is 8.40. The van der Waals surface area contributed by atoms with Gasteiger partial charge < -0.3 is 5.32 Å². The lowest BCUT2D eigenvalue weighted by atomic mass is 10.0. The lowest BCUT2D eigenvalue weighted by Crippen LogP contribution is -2.11. The smallest absolute Gasteiger partial charge is 0.255 e. The first-order valence-corrected chi connectivity index (χ1v) is 8.40. The van der Waals surface area contributed by atoms with Crippen molar-refractivity contribution in [2.45, 2.75) is 27.2 Å². The van der Waals surface area contributed by atoms with E-state index in [2.05, 4.69) is 29.5 Å². The van der Waals surface area contributed by atoms with Gasteiger partial charge in [-0.15, -0.1) is 0 Å². The summed E-state index contributed by atoms with van der Waals surface area (Å²) in [4.78, 5) is 12.3. The van der Waals surface area contributed by atoms with Crippen LogP contribution < -0.4 is 5.32 Å². The van der Waals surface area contributed by atoms with Crippen LogP contribution in [0.15, 0.2) is 48.5 Å². The molecule has 128 valence electrons. The van der Waals surface area contributed by atoms with E-state index in [4.69, 9.17) is 0 Å². The Morgan fingerprint density at radius 3 is 2.40 bits per heavy atom. The molecule has 2 aromatic carbocycles. The molecule has 0 fully saturated rings. The van der Waals surface area contributed by atoms with Crippen molar-refractivity contribution >= 4 is 11.6 Å². The number of anilines is 1. The van der Waals surface area contributed by atoms with Crippen molar-refractivity contribution in [1.29, 1.82) is 0 Å². The quantitative estimate of drug-likeness (QED) is 0.778. The number of carbonyl (C=O) groups excluding carboxylic acids is 1. The van der Waals surface area contributed by atoms with Crippen LogP contribution in [0.2, 0.25) is 0 Å². The van der Waals surface area contributed by atoms with Crippen LogP contribution in [0.5, 0.6) is 0 Å². The van der Waals surface area contributed by atoms with Crippen LogP contribution in [-0.2, 0) is 13.5 Å². The van der Waals surface area contributed by atoms with Crippen LogP contribution in [0.3, 0.4) is 0 Å². The van der Waals surface area contributed by atoms with Crippen LogP contribution in [0.4, 0.5) is 5.69 Å². The molecule has 3 rings (SSSR count). The third-order valence-corrected chi connectivity index (χ3v) is 4.53. The second kappa shape index (κ2) is 6.93. The van der Waals surface area contributed by atoms with Crippen molar-refractivity contribution in [2.24, 2.45) is 7.05 Å². The Labute approximate surface area is 148 Å². The highest BCUT2D eigenvalue weighted by Crippen LogP contribution is 2.19. The number of hydrogen-bond acceptors (Lipinski definition) is 2. The first kappa shape index (κ1) is 17.0. The normalized spacial score (nSPS) is 10.7. The van der Waals surface area contributed by atoms with Gasteiger partial charge in [-0.2, -0.15) is 5.10 Å². The summed E-state index contributed by atoms with van der Waals surface area (Å²) in [5, 5.41) is 7.41. The van der Waals surface area contributed by atoms with E-state index in [0.717, 1.165) is 23.4 Å². The monoisotopic (exact) mass is 333 g/mol. The molecule has 1 N–H and O–H groups in total. The van der Waals surface area contributed by atoms with E-state index in [0.29, 0.717) is 5.56 Å². The Morgan fingerprint density at radius 1 is 1.08 bits per heavy atom. The Bertz CT molecular complexity index is 907. The van der Waals surface area contributed by atoms with Gasteiger partial charge in [0.15, 0.2) is 0 Å². The summed E-state index contributed by atoms with van der Waals surface area (Å²) in [5.74, 6) is -0.0876. The molecule has 0 spiro atoms. The largest absolute Gasteiger partial charge is 0.322 e. The molecule has 3 aromatic rings. The maximum Gasteiger partial charge on any atom is 0.255 e. The van der Waals surface area contributed by atoms with Crippen LogP contribution in [0.25, 0.3) is 0 Å². The highest BCUT2D eigenvalue weighted by molar-refractivity contribution is 6.04. The first-order chi connectivity index (χ1) is 11.9. The molecular weight excluding hydrogens is 310 g/mol. The van der Waals surface area contributed by atoms with Gasteiger partial charge in [-0.05, 0) is 50.6 Å². The topological polar surface area (TPSA) is 46.9 Å². The second-order valence-electron chi connectivity index (χ2n) is 6.47. The van der Waals surface area contributed by atoms with Gasteiger partial charge in [0.05, 0.1) is 5.69 Å². The van der Waals surface area contributed by atoms with Gasteiger partial charge in [0, 0.05) is 36.0 Å². The van der Waals surface area contributed by atoms with E-state index in [1.165, 1.54) is 16.8 Å². The molecular formula is C21H23N3O. The molecule has 1 amide bonds. The molecule has 0 radical (unpaired) electrons. The third kappa shape index (κ3) is 3.79. The molecule has 1 heterocycles. The van der Waals surface area contributed by atoms with Gasteiger partial charge >= 0.3 is 0 Å². The highest BCUT2D eigenvalue weighted by atomic mass is 16.1. The van der Waals surface area contributed by atoms with E-state index < -0.39 is 0 Å². The molecule has 0 saturated carbocycles. The number of hydrogen-bond donors (Lipinski definition) is 1. The number of rotatable bonds is 4. The van der Waals surface area contributed by atoms with Gasteiger partial charge in [-0.1, -0.05) is 29.8 Å². The van der Waals surface area contributed by atoms with Crippen molar-refractivity contribution in [2.75, 3.05) is 5.32 Å². The predicted octanol–water partition coefficient (Wildman–Crippen LogP) is 4.19. The van der Waals surface area contributed by atoms with Crippen LogP contribution in [0.1, 0.15) is 38.4 Å². The lowest BCUT2D eigenvalue weighted by molar-refractivity contribution is 0.102. The molecule has 4 heteroatoms. The molecule has 4 nitrogen and oxygen atoms in total. The zero-order valence-electron chi connectivity index (χ0n) is 15.1. The fourth-order valence-corrected chi connectivity index (χ4v) is 2.97. The molecule has 0 aliphatic carbocycles. The van der Waals surface area contributed by atoms with Crippen LogP contribution in [0, 0.1) is 20.8 Å². The van der Waals surface area contributed by atoms with E-state index in [1.807, 2.05) is 62.0 Å². The standard InChI is InChI=1S/C21H23N3O/c1-14-6-5-7-18(12-14)21(25)22-19-10-8-17(9-11-19)13-20-15(2)23-24(4)16(20)3/h5-12H,13H2,1-4H3,(H,22,25). The van der Waals surface area contributed by atoms with Crippen molar-refractivity contribution in [3.63, 3.8) is 0 Å². The molecule has 0 aliphatic rings. The van der Waals surface area contributed by atoms with Gasteiger partial charge in [0.1, 0.15) is 0 Å². The highest BCUT2D eigenvalue weighted by Gasteiger charge is 2.10. The minimum absolute atomic E-state index is 0.0876. The molecule has 1 aromatic heterocycles. The van der Waals surface area contributed by atoms with Crippen molar-refractivity contribution in [3.8, 4) is 0 Å². The molecule has 25 heavy (non-hydrogen) atoms. The average Bonchev–Trinajstić information content (AvgIpc) is 2.83. The number of aryl methyl sites for hydroxylation is 3. The minimum atomic E-state index is -0.0876. The fourth-order valence-electron chi connectivity index (χ4n) is 2.97. The number of amides is 1. The van der Waals surface area contributed by atoms with Crippen LogP contribution in [-0.4, -0.2) is 15.7 Å². The predicted molar refractivity (Wildman–Crippen MR) is 101 cm³/mol. The summed E-state index contributed by atoms with van der Waals surface area (Å²) in [5.41, 5.74) is 7.27. The number of carbonyl (C=O) groups is 1. The van der Waals surface area contributed by atoms with Crippen molar-refractivity contribution < 1.29 is 4.79 Å². The van der Waals surface area contributed by atoms with Crippen LogP contribution >= 0.6 is 0 Å². The van der Waals surface area contributed by atoms with E-state index in [1.54, 1.807) is 0 Å². The lowest BCUT2D eigenvalue weighted by Gasteiger charge is -2.08. The maximum atomic E-state index is 12.3. The maximum absolute atomic E-state index is 12.3. The summed E-state index contributed by atoms with van der Waals surface area (Å²) in [6.45, 7) is 6.11. The van der Waals surface area contributed by atoms with E-state index >= 15 is 0 Å². The molecule has 0 atom stereocenters. The Kier molecular flexibility index (Phi) is 4.70. The fraction of sp³-hybridized carbons (Fsp3) is 0.238. The van der Waals surface area contributed by atoms with E-state index in [9.17, 15) is 4.79 Å². The van der Waals surface area contributed by atoms with Gasteiger partial charge in [-0.3, -0.25) is 9.48 Å². The van der Waals surface area contributed by atoms with Gasteiger partial charge in [0.2, 0.25) is 0 Å². The minimum Gasteiger partial charge on any atom is -0.322 e. The summed E-state index contributed by atoms with van der Waals surface area (Å²) in [6, 6.07) is 15.6. The summed E-state index contributed by atoms with van der Waals surface area (Å²) in [7, 11) is 1.97. The summed E-state index contributed by atoms with van der Waals surface area (Å²) in [6.07, 6.45) is 0.845. The molecule has 0 aliphatic heterocycles. The Hall–Kier alpha value is -2.88. The van der Waals surface area contributed by atoms with Gasteiger partial charge in [0.25, 0.3) is 5.91 Å². The third-order valence-electron chi connectivity index (χ3n) is 4.53. The second-order valence-corrected chi connectivity index (χ2v) is 6.47. The zero-order chi connectivity index (χ0) is 18.0. The number of nitrogens with zero attached hydrogens (tertiary/aromatic N) is 2. The Balaban J connectivity index is 1.71. The Morgan fingerprint density at radius 2 is 1.80 bits per heavy atom. The SMILES string of the molecule is Cc1cccc(C(=O)Nc2ccc(Cc3c(C)nn(C)c3C)cc2)c1. The summed E-state index contributed by atoms with van der Waals surface area (Å²) < 4.78 is 1.92. The molecule has 0 unspecified atom stereocenters. The number of nitrogens with one attached hydrogen (secondary N) is 1. The average molecular weight is 333 g/mol. The van der Waals surface area contributed by atoms with Gasteiger partial charge in [-0.25, -0.2) is 0 Å². The van der Waals surface area contributed by atoms with E-state index in [-0.39, 0.29) is 5.91 Å². The van der Waals surface area contributed by atoms with Crippen molar-refractivity contribution in [3.05, 3.63) is 82.2 Å². The number of benzene rings is 2. The molecule has 0 saturated heterocycles. The summed E-state index contributed by atoms with van der Waals surface area (Å²) >= 11 is 0. The van der Waals surface area contributed by atoms with Crippen molar-refractivity contribution in [1.82, 2.24) is 9.78 Å².